The molecular weight excluding hydrogens is 227 g/mol. The van der Waals surface area contributed by atoms with Gasteiger partial charge in [0.05, 0.1) is 0 Å². The van der Waals surface area contributed by atoms with Crippen molar-refractivity contribution in [3.63, 3.8) is 0 Å². The molecule has 0 aromatic heterocycles. The molecule has 1 atom stereocenters. The third kappa shape index (κ3) is 2.94. The van der Waals surface area contributed by atoms with Gasteiger partial charge in [0.15, 0.2) is 0 Å². The number of benzene rings is 2. The zero-order chi connectivity index (χ0) is 13.0. The van der Waals surface area contributed by atoms with E-state index in [1.165, 1.54) is 23.3 Å². The molecule has 0 aliphatic carbocycles. The normalized spacial score (nSPS) is 12.4. The van der Waals surface area contributed by atoms with Crippen molar-refractivity contribution in [1.29, 1.82) is 0 Å². The predicted molar refractivity (Wildman–Crippen MR) is 71.3 cm³/mol. The zero-order valence-electron chi connectivity index (χ0n) is 10.4. The van der Waals surface area contributed by atoms with Gasteiger partial charge in [-0.15, -0.1) is 0 Å². The van der Waals surface area contributed by atoms with E-state index in [1.54, 1.807) is 12.1 Å². The summed E-state index contributed by atoms with van der Waals surface area (Å²) in [6, 6.07) is 14.6. The van der Waals surface area contributed by atoms with Crippen LogP contribution in [0.1, 0.15) is 22.7 Å². The SMILES string of the molecule is Cc1ccccc1CC(NN)c1ccc(F)cc1. The smallest absolute Gasteiger partial charge is 0.123 e. The molecule has 0 aliphatic heterocycles. The molecule has 1 unspecified atom stereocenters. The van der Waals surface area contributed by atoms with Gasteiger partial charge in [0, 0.05) is 6.04 Å². The molecule has 3 heteroatoms. The van der Waals surface area contributed by atoms with E-state index in [4.69, 9.17) is 5.84 Å². The summed E-state index contributed by atoms with van der Waals surface area (Å²) in [7, 11) is 0. The van der Waals surface area contributed by atoms with Crippen LogP contribution in [0.5, 0.6) is 0 Å². The molecule has 0 saturated heterocycles. The van der Waals surface area contributed by atoms with Crippen LogP contribution in [-0.4, -0.2) is 0 Å². The van der Waals surface area contributed by atoms with Gasteiger partial charge in [0.25, 0.3) is 0 Å². The molecule has 2 aromatic carbocycles. The van der Waals surface area contributed by atoms with Gasteiger partial charge in [-0.25, -0.2) is 4.39 Å². The molecule has 3 N–H and O–H groups in total. The molecule has 0 bridgehead atoms. The highest BCUT2D eigenvalue weighted by molar-refractivity contribution is 5.29. The lowest BCUT2D eigenvalue weighted by Gasteiger charge is -2.17. The Morgan fingerprint density at radius 3 is 2.39 bits per heavy atom. The lowest BCUT2D eigenvalue weighted by atomic mass is 9.96. The molecule has 0 saturated carbocycles. The van der Waals surface area contributed by atoms with Crippen LogP contribution in [0.25, 0.3) is 0 Å². The molecule has 2 aromatic rings. The molecule has 2 rings (SSSR count). The minimum atomic E-state index is -0.231. The molecule has 0 radical (unpaired) electrons. The largest absolute Gasteiger partial charge is 0.271 e. The average Bonchev–Trinajstić information content (AvgIpc) is 2.39. The number of hydrazine groups is 1. The van der Waals surface area contributed by atoms with E-state index >= 15 is 0 Å². The van der Waals surface area contributed by atoms with Crippen molar-refractivity contribution < 1.29 is 4.39 Å². The maximum Gasteiger partial charge on any atom is 0.123 e. The molecule has 2 nitrogen and oxygen atoms in total. The maximum absolute atomic E-state index is 12.9. The fourth-order valence-corrected chi connectivity index (χ4v) is 2.03. The fourth-order valence-electron chi connectivity index (χ4n) is 2.03. The minimum Gasteiger partial charge on any atom is -0.271 e. The Morgan fingerprint density at radius 2 is 1.78 bits per heavy atom. The monoisotopic (exact) mass is 244 g/mol. The second-order valence-corrected chi connectivity index (χ2v) is 4.40. The number of hydrogen-bond acceptors (Lipinski definition) is 2. The van der Waals surface area contributed by atoms with Gasteiger partial charge in [-0.05, 0) is 42.2 Å². The number of nitrogens with one attached hydrogen (secondary N) is 1. The van der Waals surface area contributed by atoms with E-state index in [2.05, 4.69) is 24.5 Å². The van der Waals surface area contributed by atoms with Crippen molar-refractivity contribution in [3.05, 3.63) is 71.0 Å². The van der Waals surface area contributed by atoms with Crippen molar-refractivity contribution in [1.82, 2.24) is 5.43 Å². The lowest BCUT2D eigenvalue weighted by Crippen LogP contribution is -2.29. The van der Waals surface area contributed by atoms with Gasteiger partial charge in [0.1, 0.15) is 5.82 Å². The Labute approximate surface area is 107 Å². The number of aryl methyl sites for hydroxylation is 1. The molecular formula is C15H17FN2. The first-order valence-electron chi connectivity index (χ1n) is 5.97. The molecule has 0 spiro atoms. The van der Waals surface area contributed by atoms with Crippen LogP contribution in [0.3, 0.4) is 0 Å². The summed E-state index contributed by atoms with van der Waals surface area (Å²) >= 11 is 0. The second kappa shape index (κ2) is 5.76. The molecule has 94 valence electrons. The molecule has 0 heterocycles. The second-order valence-electron chi connectivity index (χ2n) is 4.40. The summed E-state index contributed by atoms with van der Waals surface area (Å²) in [4.78, 5) is 0. The fraction of sp³-hybridized carbons (Fsp3) is 0.200. The van der Waals surface area contributed by atoms with Crippen LogP contribution >= 0.6 is 0 Å². The Balaban J connectivity index is 2.20. The van der Waals surface area contributed by atoms with Gasteiger partial charge < -0.3 is 0 Å². The van der Waals surface area contributed by atoms with Crippen LogP contribution in [0, 0.1) is 12.7 Å². The van der Waals surface area contributed by atoms with Gasteiger partial charge >= 0.3 is 0 Å². The topological polar surface area (TPSA) is 38.0 Å². The third-order valence-electron chi connectivity index (χ3n) is 3.16. The maximum atomic E-state index is 12.9. The number of rotatable bonds is 4. The molecule has 18 heavy (non-hydrogen) atoms. The quantitative estimate of drug-likeness (QED) is 0.641. The van der Waals surface area contributed by atoms with E-state index in [0.717, 1.165) is 12.0 Å². The van der Waals surface area contributed by atoms with E-state index in [0.29, 0.717) is 0 Å². The predicted octanol–water partition coefficient (Wildman–Crippen LogP) is 2.88. The summed E-state index contributed by atoms with van der Waals surface area (Å²) in [6.07, 6.45) is 0.787. The minimum absolute atomic E-state index is 0.00769. The molecule has 0 aliphatic rings. The van der Waals surface area contributed by atoms with Crippen LogP contribution < -0.4 is 11.3 Å². The Hall–Kier alpha value is -1.71. The van der Waals surface area contributed by atoms with Crippen molar-refractivity contribution in [2.24, 2.45) is 5.84 Å². The molecule has 0 fully saturated rings. The Bertz CT molecular complexity index is 508. The Morgan fingerprint density at radius 1 is 1.11 bits per heavy atom. The zero-order valence-corrected chi connectivity index (χ0v) is 10.4. The van der Waals surface area contributed by atoms with Crippen molar-refractivity contribution >= 4 is 0 Å². The third-order valence-corrected chi connectivity index (χ3v) is 3.16. The van der Waals surface area contributed by atoms with Gasteiger partial charge in [-0.2, -0.15) is 0 Å². The highest BCUT2D eigenvalue weighted by atomic mass is 19.1. The van der Waals surface area contributed by atoms with Crippen LogP contribution in [0.15, 0.2) is 48.5 Å². The summed E-state index contributed by atoms with van der Waals surface area (Å²) < 4.78 is 12.9. The Kier molecular flexibility index (Phi) is 4.07. The highest BCUT2D eigenvalue weighted by Crippen LogP contribution is 2.20. The number of nitrogens with two attached hydrogens (primary N) is 1. The summed E-state index contributed by atoms with van der Waals surface area (Å²) in [5.74, 6) is 5.37. The van der Waals surface area contributed by atoms with Crippen molar-refractivity contribution in [2.45, 2.75) is 19.4 Å². The number of halogens is 1. The molecule has 0 amide bonds. The average molecular weight is 244 g/mol. The summed E-state index contributed by atoms with van der Waals surface area (Å²) in [5, 5.41) is 0. The van der Waals surface area contributed by atoms with Gasteiger partial charge in [-0.1, -0.05) is 36.4 Å². The van der Waals surface area contributed by atoms with Gasteiger partial charge in [0.2, 0.25) is 0 Å². The van der Waals surface area contributed by atoms with E-state index in [9.17, 15) is 4.39 Å². The first-order valence-corrected chi connectivity index (χ1v) is 5.97. The van der Waals surface area contributed by atoms with Crippen molar-refractivity contribution in [2.75, 3.05) is 0 Å². The first kappa shape index (κ1) is 12.7. The van der Waals surface area contributed by atoms with E-state index < -0.39 is 0 Å². The lowest BCUT2D eigenvalue weighted by molar-refractivity contribution is 0.548. The van der Waals surface area contributed by atoms with Crippen LogP contribution in [0.4, 0.5) is 4.39 Å². The van der Waals surface area contributed by atoms with Crippen LogP contribution in [0.2, 0.25) is 0 Å². The van der Waals surface area contributed by atoms with E-state index in [-0.39, 0.29) is 11.9 Å². The first-order chi connectivity index (χ1) is 8.70. The summed E-state index contributed by atoms with van der Waals surface area (Å²) in [5.41, 5.74) is 6.26. The van der Waals surface area contributed by atoms with Gasteiger partial charge in [-0.3, -0.25) is 11.3 Å². The van der Waals surface area contributed by atoms with Crippen molar-refractivity contribution in [3.8, 4) is 0 Å². The summed E-state index contributed by atoms with van der Waals surface area (Å²) in [6.45, 7) is 2.08. The standard InChI is InChI=1S/C15H17FN2/c1-11-4-2-3-5-13(11)10-15(18-17)12-6-8-14(16)9-7-12/h2-9,15,18H,10,17H2,1H3. The number of hydrogen-bond donors (Lipinski definition) is 2. The van der Waals surface area contributed by atoms with E-state index in [1.807, 2.05) is 12.1 Å². The van der Waals surface area contributed by atoms with Crippen LogP contribution in [-0.2, 0) is 6.42 Å². The highest BCUT2D eigenvalue weighted by Gasteiger charge is 2.11.